The number of amides is 2. The third-order valence-corrected chi connectivity index (χ3v) is 3.75. The molecule has 1 aromatic carbocycles. The summed E-state index contributed by atoms with van der Waals surface area (Å²) in [6.45, 7) is 0.393. The first-order chi connectivity index (χ1) is 9.97. The van der Waals surface area contributed by atoms with E-state index >= 15 is 0 Å². The Kier molecular flexibility index (Phi) is 4.95. The molecule has 2 rings (SSSR count). The summed E-state index contributed by atoms with van der Waals surface area (Å²) < 4.78 is 0.863. The average Bonchev–Trinajstić information content (AvgIpc) is 2.80. The van der Waals surface area contributed by atoms with E-state index < -0.39 is 11.9 Å². The topological polar surface area (TPSA) is 86.7 Å². The van der Waals surface area contributed by atoms with Crippen LogP contribution in [0.15, 0.2) is 28.7 Å². The number of benzene rings is 1. The van der Waals surface area contributed by atoms with Crippen LogP contribution in [0.1, 0.15) is 12.8 Å². The Morgan fingerprint density at radius 2 is 2.19 bits per heavy atom. The van der Waals surface area contributed by atoms with Crippen LogP contribution in [0.25, 0.3) is 0 Å². The molecular formula is C14H15BrN2O4. The molecular weight excluding hydrogens is 340 g/mol. The van der Waals surface area contributed by atoms with E-state index in [4.69, 9.17) is 5.11 Å². The zero-order chi connectivity index (χ0) is 15.4. The van der Waals surface area contributed by atoms with Crippen LogP contribution in [0, 0.1) is 5.92 Å². The summed E-state index contributed by atoms with van der Waals surface area (Å²) in [6.07, 6.45) is 0.0210. The fourth-order valence-corrected chi connectivity index (χ4v) is 2.60. The van der Waals surface area contributed by atoms with Crippen LogP contribution < -0.4 is 10.2 Å². The number of carbonyl (C=O) groups is 3. The molecule has 21 heavy (non-hydrogen) atoms. The van der Waals surface area contributed by atoms with Gasteiger partial charge in [0, 0.05) is 29.7 Å². The van der Waals surface area contributed by atoms with Crippen LogP contribution in [0.5, 0.6) is 0 Å². The number of aliphatic carboxylic acids is 1. The van der Waals surface area contributed by atoms with Crippen molar-refractivity contribution in [2.24, 2.45) is 5.92 Å². The lowest BCUT2D eigenvalue weighted by Gasteiger charge is -2.17. The predicted molar refractivity (Wildman–Crippen MR) is 79.9 cm³/mol. The molecule has 2 amide bonds. The lowest BCUT2D eigenvalue weighted by Crippen LogP contribution is -2.34. The van der Waals surface area contributed by atoms with Gasteiger partial charge in [0.05, 0.1) is 12.3 Å². The number of rotatable bonds is 5. The van der Waals surface area contributed by atoms with Crippen molar-refractivity contribution in [3.63, 3.8) is 0 Å². The van der Waals surface area contributed by atoms with Crippen LogP contribution in [-0.4, -0.2) is 36.0 Å². The Morgan fingerprint density at radius 3 is 2.86 bits per heavy atom. The predicted octanol–water partition coefficient (Wildman–Crippen LogP) is 1.39. The Balaban J connectivity index is 1.96. The highest BCUT2D eigenvalue weighted by Crippen LogP contribution is 2.27. The van der Waals surface area contributed by atoms with Gasteiger partial charge in [-0.15, -0.1) is 0 Å². The molecule has 112 valence electrons. The van der Waals surface area contributed by atoms with Gasteiger partial charge in [-0.3, -0.25) is 14.4 Å². The number of nitrogens with one attached hydrogen (secondary N) is 1. The van der Waals surface area contributed by atoms with E-state index in [-0.39, 0.29) is 31.2 Å². The van der Waals surface area contributed by atoms with Crippen molar-refractivity contribution in [2.45, 2.75) is 12.8 Å². The van der Waals surface area contributed by atoms with Crippen LogP contribution in [0.2, 0.25) is 0 Å². The van der Waals surface area contributed by atoms with Crippen molar-refractivity contribution in [1.82, 2.24) is 5.32 Å². The molecule has 2 N–H and O–H groups in total. The zero-order valence-electron chi connectivity index (χ0n) is 11.2. The van der Waals surface area contributed by atoms with E-state index in [1.54, 1.807) is 4.90 Å². The van der Waals surface area contributed by atoms with Gasteiger partial charge < -0.3 is 15.3 Å². The number of halogens is 1. The molecule has 6 nitrogen and oxygen atoms in total. The van der Waals surface area contributed by atoms with Crippen molar-refractivity contribution in [2.75, 3.05) is 18.0 Å². The molecule has 1 heterocycles. The summed E-state index contributed by atoms with van der Waals surface area (Å²) in [6, 6.07) is 7.32. The van der Waals surface area contributed by atoms with Gasteiger partial charge in [0.25, 0.3) is 0 Å². The van der Waals surface area contributed by atoms with E-state index in [2.05, 4.69) is 21.2 Å². The molecule has 1 aromatic rings. The normalized spacial score (nSPS) is 17.9. The molecule has 7 heteroatoms. The summed E-state index contributed by atoms with van der Waals surface area (Å²) in [5.74, 6) is -1.78. The van der Waals surface area contributed by atoms with Crippen LogP contribution in [0.3, 0.4) is 0 Å². The van der Waals surface area contributed by atoms with Crippen molar-refractivity contribution in [3.05, 3.63) is 28.7 Å². The number of carboxylic acid groups (broad SMARTS) is 1. The minimum absolute atomic E-state index is 0.0791. The first kappa shape index (κ1) is 15.5. The monoisotopic (exact) mass is 354 g/mol. The van der Waals surface area contributed by atoms with Crippen LogP contribution in [-0.2, 0) is 14.4 Å². The van der Waals surface area contributed by atoms with Gasteiger partial charge in [0.2, 0.25) is 11.8 Å². The van der Waals surface area contributed by atoms with Gasteiger partial charge in [-0.05, 0) is 18.2 Å². The molecule has 0 radical (unpaired) electrons. The van der Waals surface area contributed by atoms with Crippen molar-refractivity contribution < 1.29 is 19.5 Å². The Morgan fingerprint density at radius 1 is 1.43 bits per heavy atom. The van der Waals surface area contributed by atoms with Crippen LogP contribution in [0.4, 0.5) is 5.69 Å². The Hall–Kier alpha value is -1.89. The van der Waals surface area contributed by atoms with Gasteiger partial charge in [0.15, 0.2) is 0 Å². The van der Waals surface area contributed by atoms with Gasteiger partial charge in [0.1, 0.15) is 0 Å². The van der Waals surface area contributed by atoms with Crippen molar-refractivity contribution >= 4 is 39.4 Å². The molecule has 0 aromatic heterocycles. The fourth-order valence-electron chi connectivity index (χ4n) is 2.21. The highest BCUT2D eigenvalue weighted by Gasteiger charge is 2.34. The van der Waals surface area contributed by atoms with E-state index in [1.807, 2.05) is 24.3 Å². The summed E-state index contributed by atoms with van der Waals surface area (Å²) in [4.78, 5) is 35.9. The van der Waals surface area contributed by atoms with Crippen LogP contribution >= 0.6 is 15.9 Å². The quantitative estimate of drug-likeness (QED) is 0.836. The highest BCUT2D eigenvalue weighted by atomic mass is 79.9. The average molecular weight is 355 g/mol. The SMILES string of the molecule is O=C(O)CCNC(=O)C1CC(=O)N(c2cccc(Br)c2)C1. The number of carbonyl (C=O) groups excluding carboxylic acids is 2. The van der Waals surface area contributed by atoms with Crippen molar-refractivity contribution in [3.8, 4) is 0 Å². The molecule has 0 bridgehead atoms. The zero-order valence-corrected chi connectivity index (χ0v) is 12.8. The lowest BCUT2D eigenvalue weighted by molar-refractivity contribution is -0.137. The summed E-state index contributed by atoms with van der Waals surface area (Å²) in [5, 5.41) is 11.1. The second-order valence-corrected chi connectivity index (χ2v) is 5.74. The smallest absolute Gasteiger partial charge is 0.305 e. The number of carboxylic acids is 1. The van der Waals surface area contributed by atoms with E-state index in [9.17, 15) is 14.4 Å². The second kappa shape index (κ2) is 6.71. The molecule has 1 unspecified atom stereocenters. The maximum atomic E-state index is 12.0. The van der Waals surface area contributed by atoms with E-state index in [0.29, 0.717) is 6.54 Å². The minimum Gasteiger partial charge on any atom is -0.481 e. The standard InChI is InChI=1S/C14H15BrN2O4/c15-10-2-1-3-11(7-10)17-8-9(6-12(17)18)14(21)16-5-4-13(19)20/h1-3,7,9H,4-6,8H2,(H,16,21)(H,19,20). The summed E-state index contributed by atoms with van der Waals surface area (Å²) >= 11 is 3.35. The number of hydrogen-bond acceptors (Lipinski definition) is 3. The fraction of sp³-hybridized carbons (Fsp3) is 0.357. The third-order valence-electron chi connectivity index (χ3n) is 3.25. The Bertz CT molecular complexity index is 576. The first-order valence-electron chi connectivity index (χ1n) is 6.53. The molecule has 1 fully saturated rings. The molecule has 1 atom stereocenters. The van der Waals surface area contributed by atoms with Crippen molar-refractivity contribution in [1.29, 1.82) is 0 Å². The van der Waals surface area contributed by atoms with Gasteiger partial charge in [-0.25, -0.2) is 0 Å². The largest absolute Gasteiger partial charge is 0.481 e. The minimum atomic E-state index is -0.964. The third kappa shape index (κ3) is 4.04. The molecule has 0 aliphatic carbocycles. The van der Waals surface area contributed by atoms with Gasteiger partial charge in [-0.2, -0.15) is 0 Å². The molecule has 1 aliphatic rings. The lowest BCUT2D eigenvalue weighted by atomic mass is 10.1. The molecule has 0 saturated carbocycles. The maximum absolute atomic E-state index is 12.0. The Labute approximate surface area is 130 Å². The highest BCUT2D eigenvalue weighted by molar-refractivity contribution is 9.10. The molecule has 1 aliphatic heterocycles. The first-order valence-corrected chi connectivity index (χ1v) is 7.32. The molecule has 1 saturated heterocycles. The van der Waals surface area contributed by atoms with E-state index in [1.165, 1.54) is 0 Å². The number of anilines is 1. The summed E-state index contributed by atoms with van der Waals surface area (Å²) in [7, 11) is 0. The number of nitrogens with zero attached hydrogens (tertiary/aromatic N) is 1. The maximum Gasteiger partial charge on any atom is 0.305 e. The molecule has 0 spiro atoms. The second-order valence-electron chi connectivity index (χ2n) is 4.82. The van der Waals surface area contributed by atoms with Gasteiger partial charge in [-0.1, -0.05) is 22.0 Å². The summed E-state index contributed by atoms with van der Waals surface area (Å²) in [5.41, 5.74) is 0.746. The number of hydrogen-bond donors (Lipinski definition) is 2. The van der Waals surface area contributed by atoms with E-state index in [0.717, 1.165) is 10.2 Å². The van der Waals surface area contributed by atoms with Gasteiger partial charge >= 0.3 is 5.97 Å².